The SMILES string of the molecule is CC(CC(N)=O)N1CCC(N(Cc2cc(C#N)ccc2F)c2ccc3c(c2)OCO3)CC1. The van der Waals surface area contributed by atoms with Crippen LogP contribution in [0.25, 0.3) is 0 Å². The highest BCUT2D eigenvalue weighted by atomic mass is 19.1. The van der Waals surface area contributed by atoms with Gasteiger partial charge in [0.15, 0.2) is 11.5 Å². The van der Waals surface area contributed by atoms with E-state index in [-0.39, 0.29) is 30.6 Å². The van der Waals surface area contributed by atoms with Crippen LogP contribution in [0.1, 0.15) is 37.3 Å². The van der Waals surface area contributed by atoms with Crippen LogP contribution in [0.4, 0.5) is 10.1 Å². The van der Waals surface area contributed by atoms with Gasteiger partial charge in [-0.1, -0.05) is 0 Å². The lowest BCUT2D eigenvalue weighted by Crippen LogP contribution is -2.48. The van der Waals surface area contributed by atoms with Crippen LogP contribution in [-0.2, 0) is 11.3 Å². The van der Waals surface area contributed by atoms with Crippen LogP contribution in [0.15, 0.2) is 36.4 Å². The van der Waals surface area contributed by atoms with Crippen molar-refractivity contribution in [2.75, 3.05) is 24.8 Å². The molecule has 1 unspecified atom stereocenters. The van der Waals surface area contributed by atoms with Crippen molar-refractivity contribution in [2.24, 2.45) is 5.73 Å². The fraction of sp³-hybridized carbons (Fsp3) is 0.417. The third kappa shape index (κ3) is 4.78. The first-order chi connectivity index (χ1) is 15.4. The number of nitrogens with two attached hydrogens (primary N) is 1. The van der Waals surface area contributed by atoms with Crippen LogP contribution in [0, 0.1) is 17.1 Å². The van der Waals surface area contributed by atoms with Crippen LogP contribution < -0.4 is 20.1 Å². The number of carbonyl (C=O) groups is 1. The van der Waals surface area contributed by atoms with Gasteiger partial charge in [0.25, 0.3) is 0 Å². The van der Waals surface area contributed by atoms with E-state index >= 15 is 0 Å². The molecular formula is C24H27FN4O3. The van der Waals surface area contributed by atoms with Gasteiger partial charge in [0.2, 0.25) is 12.7 Å². The van der Waals surface area contributed by atoms with Crippen molar-refractivity contribution in [1.82, 2.24) is 4.90 Å². The highest BCUT2D eigenvalue weighted by molar-refractivity contribution is 5.74. The fourth-order valence-corrected chi connectivity index (χ4v) is 4.50. The molecule has 0 bridgehead atoms. The maximum atomic E-state index is 14.6. The van der Waals surface area contributed by atoms with Gasteiger partial charge in [-0.3, -0.25) is 9.69 Å². The second-order valence-electron chi connectivity index (χ2n) is 8.37. The molecule has 2 aromatic rings. The first kappa shape index (κ1) is 21.9. The summed E-state index contributed by atoms with van der Waals surface area (Å²) in [6, 6.07) is 12.6. The normalized spacial score (nSPS) is 17.0. The molecule has 0 spiro atoms. The molecule has 1 fully saturated rings. The van der Waals surface area contributed by atoms with Crippen molar-refractivity contribution in [3.8, 4) is 17.6 Å². The average Bonchev–Trinajstić information content (AvgIpc) is 3.26. The number of primary amides is 1. The summed E-state index contributed by atoms with van der Waals surface area (Å²) in [5.74, 6) is 0.740. The predicted octanol–water partition coefficient (Wildman–Crippen LogP) is 3.16. The summed E-state index contributed by atoms with van der Waals surface area (Å²) >= 11 is 0. The highest BCUT2D eigenvalue weighted by Crippen LogP contribution is 2.37. The Hall–Kier alpha value is -3.31. The summed E-state index contributed by atoms with van der Waals surface area (Å²) in [6.07, 6.45) is 2.05. The Labute approximate surface area is 187 Å². The summed E-state index contributed by atoms with van der Waals surface area (Å²) in [5.41, 5.74) is 7.19. The third-order valence-electron chi connectivity index (χ3n) is 6.26. The first-order valence-corrected chi connectivity index (χ1v) is 10.8. The molecule has 168 valence electrons. The Bertz CT molecular complexity index is 1030. The number of carbonyl (C=O) groups excluding carboxylic acids is 1. The highest BCUT2D eigenvalue weighted by Gasteiger charge is 2.29. The molecule has 0 radical (unpaired) electrons. The Balaban J connectivity index is 1.58. The summed E-state index contributed by atoms with van der Waals surface area (Å²) in [7, 11) is 0. The summed E-state index contributed by atoms with van der Waals surface area (Å²) in [5, 5.41) is 9.25. The van der Waals surface area contributed by atoms with Crippen molar-refractivity contribution < 1.29 is 18.7 Å². The van der Waals surface area contributed by atoms with Gasteiger partial charge in [-0.2, -0.15) is 5.26 Å². The van der Waals surface area contributed by atoms with Gasteiger partial charge in [-0.25, -0.2) is 4.39 Å². The molecule has 0 aliphatic carbocycles. The first-order valence-electron chi connectivity index (χ1n) is 10.8. The molecule has 2 aliphatic heterocycles. The number of amides is 1. The molecule has 7 nitrogen and oxygen atoms in total. The minimum atomic E-state index is -0.331. The van der Waals surface area contributed by atoms with Crippen LogP contribution in [0.3, 0.4) is 0 Å². The fourth-order valence-electron chi connectivity index (χ4n) is 4.50. The number of nitrogens with zero attached hydrogens (tertiary/aromatic N) is 3. The second-order valence-corrected chi connectivity index (χ2v) is 8.37. The van der Waals surface area contributed by atoms with E-state index < -0.39 is 0 Å². The molecule has 0 aromatic heterocycles. The summed E-state index contributed by atoms with van der Waals surface area (Å²) < 4.78 is 25.6. The van der Waals surface area contributed by atoms with Gasteiger partial charge < -0.3 is 20.1 Å². The number of nitriles is 1. The number of likely N-dealkylation sites (tertiary alicyclic amines) is 1. The van der Waals surface area contributed by atoms with E-state index in [0.29, 0.717) is 35.6 Å². The van der Waals surface area contributed by atoms with Crippen LogP contribution in [0.5, 0.6) is 11.5 Å². The molecule has 8 heteroatoms. The van der Waals surface area contributed by atoms with Gasteiger partial charge in [-0.15, -0.1) is 0 Å². The minimum Gasteiger partial charge on any atom is -0.454 e. The number of anilines is 1. The molecule has 4 rings (SSSR count). The lowest BCUT2D eigenvalue weighted by Gasteiger charge is -2.41. The standard InChI is InChI=1S/C24H27FN4O3/c1-16(10-24(27)30)28-8-6-19(7-9-28)29(14-18-11-17(13-26)2-4-21(18)25)20-3-5-22-23(12-20)32-15-31-22/h2-5,11-12,16,19H,6-10,14-15H2,1H3,(H2,27,30). The number of rotatable bonds is 7. The number of fused-ring (bicyclic) bond motifs is 1. The third-order valence-corrected chi connectivity index (χ3v) is 6.26. The van der Waals surface area contributed by atoms with Crippen LogP contribution in [-0.4, -0.2) is 42.8 Å². The van der Waals surface area contributed by atoms with Crippen molar-refractivity contribution in [3.05, 3.63) is 53.3 Å². The lowest BCUT2D eigenvalue weighted by atomic mass is 9.98. The maximum Gasteiger partial charge on any atom is 0.231 e. The predicted molar refractivity (Wildman–Crippen MR) is 118 cm³/mol. The zero-order chi connectivity index (χ0) is 22.7. The van der Waals surface area contributed by atoms with E-state index in [4.69, 9.17) is 15.2 Å². The second kappa shape index (κ2) is 9.45. The number of benzene rings is 2. The molecular weight excluding hydrogens is 411 g/mol. The van der Waals surface area contributed by atoms with E-state index in [0.717, 1.165) is 31.6 Å². The van der Waals surface area contributed by atoms with Crippen LogP contribution >= 0.6 is 0 Å². The van der Waals surface area contributed by atoms with Crippen LogP contribution in [0.2, 0.25) is 0 Å². The Kier molecular flexibility index (Phi) is 6.47. The smallest absolute Gasteiger partial charge is 0.231 e. The molecule has 2 heterocycles. The molecule has 0 saturated carbocycles. The van der Waals surface area contributed by atoms with E-state index in [1.807, 2.05) is 25.1 Å². The number of halogens is 1. The van der Waals surface area contributed by atoms with E-state index in [2.05, 4.69) is 15.9 Å². The Morgan fingerprint density at radius 2 is 2.00 bits per heavy atom. The van der Waals surface area contributed by atoms with Crippen molar-refractivity contribution in [2.45, 2.75) is 44.8 Å². The zero-order valence-electron chi connectivity index (χ0n) is 18.1. The van der Waals surface area contributed by atoms with Gasteiger partial charge in [0.05, 0.1) is 11.6 Å². The molecule has 2 aliphatic rings. The van der Waals surface area contributed by atoms with Gasteiger partial charge in [0.1, 0.15) is 5.82 Å². The summed E-state index contributed by atoms with van der Waals surface area (Å²) in [6.45, 7) is 4.18. The van der Waals surface area contributed by atoms with E-state index in [1.54, 1.807) is 6.07 Å². The Morgan fingerprint density at radius 3 is 2.72 bits per heavy atom. The average molecular weight is 439 g/mol. The number of ether oxygens (including phenoxy) is 2. The largest absolute Gasteiger partial charge is 0.454 e. The van der Waals surface area contributed by atoms with E-state index in [9.17, 15) is 14.4 Å². The minimum absolute atomic E-state index is 0.0946. The summed E-state index contributed by atoms with van der Waals surface area (Å²) in [4.78, 5) is 15.7. The van der Waals surface area contributed by atoms with Gasteiger partial charge in [0, 0.05) is 55.5 Å². The molecule has 1 amide bonds. The quantitative estimate of drug-likeness (QED) is 0.714. The topological polar surface area (TPSA) is 91.8 Å². The van der Waals surface area contributed by atoms with E-state index in [1.165, 1.54) is 12.1 Å². The van der Waals surface area contributed by atoms with Crippen molar-refractivity contribution in [1.29, 1.82) is 5.26 Å². The number of piperidine rings is 1. The molecule has 2 N–H and O–H groups in total. The number of hydrogen-bond acceptors (Lipinski definition) is 6. The van der Waals surface area contributed by atoms with Crippen molar-refractivity contribution >= 4 is 11.6 Å². The van der Waals surface area contributed by atoms with Gasteiger partial charge in [-0.05, 0) is 50.1 Å². The van der Waals surface area contributed by atoms with Gasteiger partial charge >= 0.3 is 0 Å². The lowest BCUT2D eigenvalue weighted by molar-refractivity contribution is -0.119. The molecule has 2 aromatic carbocycles. The maximum absolute atomic E-state index is 14.6. The Morgan fingerprint density at radius 1 is 1.25 bits per heavy atom. The zero-order valence-corrected chi connectivity index (χ0v) is 18.1. The number of hydrogen-bond donors (Lipinski definition) is 1. The molecule has 1 saturated heterocycles. The molecule has 32 heavy (non-hydrogen) atoms. The molecule has 1 atom stereocenters. The monoisotopic (exact) mass is 438 g/mol. The van der Waals surface area contributed by atoms with Crippen molar-refractivity contribution in [3.63, 3.8) is 0 Å².